The molecule has 0 unspecified atom stereocenters. The third-order valence-corrected chi connectivity index (χ3v) is 1.95. The van der Waals surface area contributed by atoms with E-state index in [2.05, 4.69) is 26.2 Å². The van der Waals surface area contributed by atoms with E-state index in [4.69, 9.17) is 0 Å². The lowest BCUT2D eigenvalue weighted by atomic mass is 10.3. The minimum absolute atomic E-state index is 0.148. The van der Waals surface area contributed by atoms with E-state index in [9.17, 15) is 4.79 Å². The summed E-state index contributed by atoms with van der Waals surface area (Å²) in [6.45, 7) is 2.48. The number of nitrogens with one attached hydrogen (secondary N) is 1. The van der Waals surface area contributed by atoms with E-state index in [1.54, 1.807) is 18.3 Å². The van der Waals surface area contributed by atoms with Gasteiger partial charge >= 0.3 is 0 Å². The number of carbonyl (C=O) groups is 1. The second-order valence-corrected chi connectivity index (χ2v) is 3.05. The summed E-state index contributed by atoms with van der Waals surface area (Å²) in [5, 5.41) is 2.67. The number of nitrogens with zero attached hydrogens (tertiary/aromatic N) is 1. The molecule has 0 radical (unpaired) electrons. The Kier molecular flexibility index (Phi) is 3.22. The van der Waals surface area contributed by atoms with Crippen molar-refractivity contribution >= 4 is 21.8 Å². The first-order valence-electron chi connectivity index (χ1n) is 3.64. The molecule has 0 aliphatic heterocycles. The number of rotatable bonds is 2. The van der Waals surface area contributed by atoms with Gasteiger partial charge in [0.1, 0.15) is 5.69 Å². The minimum atomic E-state index is -0.148. The highest BCUT2D eigenvalue weighted by Gasteiger charge is 2.08. The zero-order valence-electron chi connectivity index (χ0n) is 6.67. The van der Waals surface area contributed by atoms with Gasteiger partial charge in [0.15, 0.2) is 0 Å². The smallest absolute Gasteiger partial charge is 0.271 e. The summed E-state index contributed by atoms with van der Waals surface area (Å²) >= 11 is 3.24. The van der Waals surface area contributed by atoms with Gasteiger partial charge in [0.25, 0.3) is 5.91 Å². The SMILES string of the molecule is CCNC(=O)c1ncccc1Br. The maximum atomic E-state index is 11.3. The van der Waals surface area contributed by atoms with Crippen LogP contribution in [0.2, 0.25) is 0 Å². The van der Waals surface area contributed by atoms with Crippen LogP contribution in [0.25, 0.3) is 0 Å². The van der Waals surface area contributed by atoms with E-state index in [0.717, 1.165) is 4.47 Å². The Morgan fingerprint density at radius 1 is 1.75 bits per heavy atom. The van der Waals surface area contributed by atoms with Crippen LogP contribution >= 0.6 is 15.9 Å². The average molecular weight is 229 g/mol. The lowest BCUT2D eigenvalue weighted by Gasteiger charge is -2.01. The highest BCUT2D eigenvalue weighted by molar-refractivity contribution is 9.10. The van der Waals surface area contributed by atoms with Crippen LogP contribution < -0.4 is 5.32 Å². The fourth-order valence-corrected chi connectivity index (χ4v) is 1.23. The predicted molar refractivity (Wildman–Crippen MR) is 49.9 cm³/mol. The summed E-state index contributed by atoms with van der Waals surface area (Å²) in [6, 6.07) is 3.56. The third kappa shape index (κ3) is 2.04. The maximum absolute atomic E-state index is 11.3. The molecule has 1 heterocycles. The van der Waals surface area contributed by atoms with Gasteiger partial charge in [-0.15, -0.1) is 0 Å². The van der Waals surface area contributed by atoms with Gasteiger partial charge in [-0.1, -0.05) is 0 Å². The first-order chi connectivity index (χ1) is 5.75. The Morgan fingerprint density at radius 3 is 3.08 bits per heavy atom. The zero-order valence-corrected chi connectivity index (χ0v) is 8.26. The van der Waals surface area contributed by atoms with Gasteiger partial charge < -0.3 is 5.32 Å². The fraction of sp³-hybridized carbons (Fsp3) is 0.250. The molecule has 12 heavy (non-hydrogen) atoms. The second kappa shape index (κ2) is 4.21. The minimum Gasteiger partial charge on any atom is -0.351 e. The number of aromatic nitrogens is 1. The van der Waals surface area contributed by atoms with Crippen molar-refractivity contribution in [3.63, 3.8) is 0 Å². The summed E-state index contributed by atoms with van der Waals surface area (Å²) in [7, 11) is 0. The van der Waals surface area contributed by atoms with Gasteiger partial charge in [-0.3, -0.25) is 4.79 Å². The van der Waals surface area contributed by atoms with Gasteiger partial charge in [0.2, 0.25) is 0 Å². The molecule has 1 rings (SSSR count). The summed E-state index contributed by atoms with van der Waals surface area (Å²) in [6.07, 6.45) is 1.59. The van der Waals surface area contributed by atoms with Gasteiger partial charge in [-0.25, -0.2) is 4.98 Å². The molecule has 1 amide bonds. The fourth-order valence-electron chi connectivity index (χ4n) is 0.797. The third-order valence-electron chi connectivity index (χ3n) is 1.31. The molecule has 4 heteroatoms. The van der Waals surface area contributed by atoms with Crippen molar-refractivity contribution in [2.24, 2.45) is 0 Å². The van der Waals surface area contributed by atoms with Gasteiger partial charge in [-0.05, 0) is 35.0 Å². The molecule has 3 nitrogen and oxygen atoms in total. The van der Waals surface area contributed by atoms with Crippen molar-refractivity contribution < 1.29 is 4.79 Å². The number of hydrogen-bond acceptors (Lipinski definition) is 2. The zero-order chi connectivity index (χ0) is 8.97. The highest BCUT2D eigenvalue weighted by atomic mass is 79.9. The van der Waals surface area contributed by atoms with Crippen molar-refractivity contribution in [2.45, 2.75) is 6.92 Å². The molecule has 0 fully saturated rings. The van der Waals surface area contributed by atoms with Crippen LogP contribution in [0.4, 0.5) is 0 Å². The van der Waals surface area contributed by atoms with Crippen molar-refractivity contribution in [1.82, 2.24) is 10.3 Å². The molecular formula is C8H9BrN2O. The maximum Gasteiger partial charge on any atom is 0.271 e. The second-order valence-electron chi connectivity index (χ2n) is 2.19. The monoisotopic (exact) mass is 228 g/mol. The number of hydrogen-bond donors (Lipinski definition) is 1. The lowest BCUT2D eigenvalue weighted by molar-refractivity contribution is 0.0950. The van der Waals surface area contributed by atoms with E-state index < -0.39 is 0 Å². The Hall–Kier alpha value is -0.900. The van der Waals surface area contributed by atoms with E-state index in [-0.39, 0.29) is 5.91 Å². The van der Waals surface area contributed by atoms with Gasteiger partial charge in [0.05, 0.1) is 0 Å². The molecule has 1 aromatic rings. The summed E-state index contributed by atoms with van der Waals surface area (Å²) in [5.41, 5.74) is 0.430. The molecule has 0 bridgehead atoms. The summed E-state index contributed by atoms with van der Waals surface area (Å²) < 4.78 is 0.718. The molecule has 64 valence electrons. The number of amides is 1. The normalized spacial score (nSPS) is 9.50. The molecule has 1 N–H and O–H groups in total. The van der Waals surface area contributed by atoms with Crippen LogP contribution in [0.5, 0.6) is 0 Å². The van der Waals surface area contributed by atoms with Crippen molar-refractivity contribution in [3.8, 4) is 0 Å². The van der Waals surface area contributed by atoms with E-state index in [0.29, 0.717) is 12.2 Å². The summed E-state index contributed by atoms with van der Waals surface area (Å²) in [5.74, 6) is -0.148. The largest absolute Gasteiger partial charge is 0.351 e. The van der Waals surface area contributed by atoms with Crippen LogP contribution in [0.1, 0.15) is 17.4 Å². The van der Waals surface area contributed by atoms with Crippen LogP contribution in [0, 0.1) is 0 Å². The molecule has 0 aliphatic carbocycles. The molecule has 1 aromatic heterocycles. The van der Waals surface area contributed by atoms with Crippen LogP contribution in [-0.2, 0) is 0 Å². The molecule has 0 saturated carbocycles. The quantitative estimate of drug-likeness (QED) is 0.836. The number of carbonyl (C=O) groups excluding carboxylic acids is 1. The Morgan fingerprint density at radius 2 is 2.50 bits per heavy atom. The Balaban J connectivity index is 2.87. The van der Waals surface area contributed by atoms with E-state index in [1.165, 1.54) is 0 Å². The van der Waals surface area contributed by atoms with E-state index in [1.807, 2.05) is 6.92 Å². The van der Waals surface area contributed by atoms with Crippen molar-refractivity contribution in [3.05, 3.63) is 28.5 Å². The molecular weight excluding hydrogens is 220 g/mol. The number of pyridine rings is 1. The van der Waals surface area contributed by atoms with Crippen LogP contribution in [-0.4, -0.2) is 17.4 Å². The number of halogens is 1. The van der Waals surface area contributed by atoms with Crippen molar-refractivity contribution in [2.75, 3.05) is 6.54 Å². The molecule has 0 atom stereocenters. The molecule has 0 aliphatic rings. The first kappa shape index (κ1) is 9.19. The lowest BCUT2D eigenvalue weighted by Crippen LogP contribution is -2.23. The molecule has 0 saturated heterocycles. The first-order valence-corrected chi connectivity index (χ1v) is 4.43. The molecule has 0 spiro atoms. The van der Waals surface area contributed by atoms with Crippen molar-refractivity contribution in [1.29, 1.82) is 0 Å². The van der Waals surface area contributed by atoms with Crippen LogP contribution in [0.15, 0.2) is 22.8 Å². The molecule has 0 aromatic carbocycles. The highest BCUT2D eigenvalue weighted by Crippen LogP contribution is 2.12. The standard InChI is InChI=1S/C8H9BrN2O/c1-2-10-8(12)7-6(9)4-3-5-11-7/h3-5H,2H2,1H3,(H,10,12). The Labute approximate surface area is 79.3 Å². The van der Waals surface area contributed by atoms with Gasteiger partial charge in [-0.2, -0.15) is 0 Å². The average Bonchev–Trinajstić information content (AvgIpc) is 2.05. The Bertz CT molecular complexity index is 288. The topological polar surface area (TPSA) is 42.0 Å². The summed E-state index contributed by atoms with van der Waals surface area (Å²) in [4.78, 5) is 15.2. The van der Waals surface area contributed by atoms with E-state index >= 15 is 0 Å². The predicted octanol–water partition coefficient (Wildman–Crippen LogP) is 1.59. The van der Waals surface area contributed by atoms with Gasteiger partial charge in [0, 0.05) is 17.2 Å². The van der Waals surface area contributed by atoms with Crippen LogP contribution in [0.3, 0.4) is 0 Å².